The Bertz CT molecular complexity index is 788. The summed E-state index contributed by atoms with van der Waals surface area (Å²) in [6.07, 6.45) is 9.24. The van der Waals surface area contributed by atoms with Gasteiger partial charge in [-0.2, -0.15) is 0 Å². The molecule has 0 radical (unpaired) electrons. The number of benzene rings is 1. The highest BCUT2D eigenvalue weighted by Gasteiger charge is 2.12. The van der Waals surface area contributed by atoms with Crippen molar-refractivity contribution in [3.8, 4) is 0 Å². The van der Waals surface area contributed by atoms with E-state index in [0.717, 1.165) is 29.7 Å². The maximum absolute atomic E-state index is 12.2. The molecule has 0 fully saturated rings. The molecule has 124 valence electrons. The van der Waals surface area contributed by atoms with Gasteiger partial charge in [0.05, 0.1) is 12.1 Å². The molecular formula is C20H22N2OS. The standard InChI is InChI=1S/C20H22N2OS/c1-3-15-7-9-17(10-8-15)18-13-24-20(21-18)22-19(23)12-16-6-4-5-14(2)11-16/h4-7,9-11,13,15H,3,8,12H2,1-2H3,(H,21,22,23). The van der Waals surface area contributed by atoms with Crippen molar-refractivity contribution < 1.29 is 4.79 Å². The van der Waals surface area contributed by atoms with Crippen molar-refractivity contribution in [3.05, 3.63) is 64.7 Å². The molecule has 24 heavy (non-hydrogen) atoms. The number of nitrogens with zero attached hydrogens (tertiary/aromatic N) is 1. The van der Waals surface area contributed by atoms with E-state index in [1.165, 1.54) is 16.9 Å². The maximum Gasteiger partial charge on any atom is 0.230 e. The van der Waals surface area contributed by atoms with Gasteiger partial charge in [0, 0.05) is 5.38 Å². The summed E-state index contributed by atoms with van der Waals surface area (Å²) in [6, 6.07) is 8.02. The number of thiazole rings is 1. The Labute approximate surface area is 147 Å². The van der Waals surface area contributed by atoms with Crippen LogP contribution in [0.1, 0.15) is 36.6 Å². The van der Waals surface area contributed by atoms with Crippen LogP contribution in [-0.2, 0) is 11.2 Å². The fraction of sp³-hybridized carbons (Fsp3) is 0.300. The lowest BCUT2D eigenvalue weighted by molar-refractivity contribution is -0.115. The summed E-state index contributed by atoms with van der Waals surface area (Å²) < 4.78 is 0. The largest absolute Gasteiger partial charge is 0.302 e. The normalized spacial score (nSPS) is 16.8. The van der Waals surface area contributed by atoms with E-state index in [1.54, 1.807) is 0 Å². The van der Waals surface area contributed by atoms with Crippen LogP contribution in [-0.4, -0.2) is 10.9 Å². The van der Waals surface area contributed by atoms with Crippen LogP contribution in [0.25, 0.3) is 5.57 Å². The van der Waals surface area contributed by atoms with Crippen LogP contribution in [0.3, 0.4) is 0 Å². The van der Waals surface area contributed by atoms with Crippen LogP contribution in [0.4, 0.5) is 5.13 Å². The van der Waals surface area contributed by atoms with Crippen molar-refractivity contribution in [2.24, 2.45) is 5.92 Å². The average Bonchev–Trinajstić information content (AvgIpc) is 3.03. The first kappa shape index (κ1) is 16.7. The van der Waals surface area contributed by atoms with Crippen LogP contribution in [0.5, 0.6) is 0 Å². The molecule has 0 aliphatic heterocycles. The summed E-state index contributed by atoms with van der Waals surface area (Å²) in [5.41, 5.74) is 4.28. The molecule has 1 N–H and O–H groups in total. The average molecular weight is 338 g/mol. The molecule has 3 nitrogen and oxygen atoms in total. The fourth-order valence-electron chi connectivity index (χ4n) is 2.79. The molecule has 1 aromatic carbocycles. The number of carbonyl (C=O) groups excluding carboxylic acids is 1. The van der Waals surface area contributed by atoms with E-state index in [2.05, 4.69) is 35.5 Å². The topological polar surface area (TPSA) is 42.0 Å². The number of anilines is 1. The van der Waals surface area contributed by atoms with Crippen molar-refractivity contribution in [3.63, 3.8) is 0 Å². The first-order chi connectivity index (χ1) is 11.6. The maximum atomic E-state index is 12.2. The second-order valence-electron chi connectivity index (χ2n) is 6.17. The van der Waals surface area contributed by atoms with Gasteiger partial charge in [-0.1, -0.05) is 55.0 Å². The lowest BCUT2D eigenvalue weighted by Crippen LogP contribution is -2.14. The summed E-state index contributed by atoms with van der Waals surface area (Å²) in [5, 5.41) is 5.57. The molecule has 4 heteroatoms. The highest BCUT2D eigenvalue weighted by atomic mass is 32.1. The van der Waals surface area contributed by atoms with Gasteiger partial charge in [0.15, 0.2) is 5.13 Å². The Kier molecular flexibility index (Phi) is 5.26. The molecule has 0 saturated carbocycles. The molecule has 1 amide bonds. The molecule has 1 atom stereocenters. The van der Waals surface area contributed by atoms with Gasteiger partial charge >= 0.3 is 0 Å². The van der Waals surface area contributed by atoms with Gasteiger partial charge in [0.25, 0.3) is 0 Å². The van der Waals surface area contributed by atoms with E-state index in [9.17, 15) is 4.79 Å². The van der Waals surface area contributed by atoms with Crippen LogP contribution in [0.2, 0.25) is 0 Å². The molecule has 1 aliphatic carbocycles. The number of carbonyl (C=O) groups is 1. The predicted molar refractivity (Wildman–Crippen MR) is 101 cm³/mol. The Balaban J connectivity index is 1.61. The minimum atomic E-state index is -0.0271. The molecule has 3 rings (SSSR count). The molecule has 1 aliphatic rings. The highest BCUT2D eigenvalue weighted by molar-refractivity contribution is 7.14. The monoisotopic (exact) mass is 338 g/mol. The van der Waals surface area contributed by atoms with E-state index in [1.807, 2.05) is 36.6 Å². The quantitative estimate of drug-likeness (QED) is 0.833. The van der Waals surface area contributed by atoms with Crippen molar-refractivity contribution in [2.45, 2.75) is 33.1 Å². The van der Waals surface area contributed by atoms with Crippen LogP contribution in [0.15, 0.2) is 47.9 Å². The van der Waals surface area contributed by atoms with Crippen LogP contribution >= 0.6 is 11.3 Å². The fourth-order valence-corrected chi connectivity index (χ4v) is 3.53. The SMILES string of the molecule is CCC1C=CC(c2csc(NC(=O)Cc3cccc(C)c3)n2)=CC1. The predicted octanol–water partition coefficient (Wildman–Crippen LogP) is 5.00. The molecule has 1 heterocycles. The molecule has 1 aromatic heterocycles. The zero-order chi connectivity index (χ0) is 16.9. The van der Waals surface area contributed by atoms with Gasteiger partial charge < -0.3 is 5.32 Å². The Morgan fingerprint density at radius 2 is 2.29 bits per heavy atom. The summed E-state index contributed by atoms with van der Waals surface area (Å²) in [4.78, 5) is 16.7. The van der Waals surface area contributed by atoms with Crippen LogP contribution < -0.4 is 5.32 Å². The minimum Gasteiger partial charge on any atom is -0.302 e. The molecule has 1 unspecified atom stereocenters. The van der Waals surface area contributed by atoms with Gasteiger partial charge in [0.2, 0.25) is 5.91 Å². The minimum absolute atomic E-state index is 0.0271. The third kappa shape index (κ3) is 4.20. The van der Waals surface area contributed by atoms with Crippen molar-refractivity contribution in [1.29, 1.82) is 0 Å². The van der Waals surface area contributed by atoms with Gasteiger partial charge in [-0.25, -0.2) is 4.98 Å². The number of hydrogen-bond donors (Lipinski definition) is 1. The third-order valence-corrected chi connectivity index (χ3v) is 4.96. The van der Waals surface area contributed by atoms with Gasteiger partial charge in [-0.3, -0.25) is 4.79 Å². The zero-order valence-corrected chi connectivity index (χ0v) is 14.9. The molecule has 0 bridgehead atoms. The van der Waals surface area contributed by atoms with E-state index in [0.29, 0.717) is 17.5 Å². The lowest BCUT2D eigenvalue weighted by atomic mass is 9.94. The third-order valence-electron chi connectivity index (χ3n) is 4.21. The lowest BCUT2D eigenvalue weighted by Gasteiger charge is -2.12. The van der Waals surface area contributed by atoms with Crippen molar-refractivity contribution in [2.75, 3.05) is 5.32 Å². The smallest absolute Gasteiger partial charge is 0.230 e. The van der Waals surface area contributed by atoms with E-state index in [-0.39, 0.29) is 5.91 Å². The number of nitrogens with one attached hydrogen (secondary N) is 1. The molecular weight excluding hydrogens is 316 g/mol. The van der Waals surface area contributed by atoms with Crippen molar-refractivity contribution >= 4 is 27.9 Å². The van der Waals surface area contributed by atoms with E-state index in [4.69, 9.17) is 0 Å². The first-order valence-electron chi connectivity index (χ1n) is 8.33. The van der Waals surface area contributed by atoms with Gasteiger partial charge in [-0.05, 0) is 36.8 Å². The summed E-state index contributed by atoms with van der Waals surface area (Å²) >= 11 is 1.47. The number of allylic oxidation sites excluding steroid dienone is 4. The number of amides is 1. The van der Waals surface area contributed by atoms with E-state index < -0.39 is 0 Å². The molecule has 2 aromatic rings. The molecule has 0 spiro atoms. The summed E-state index contributed by atoms with van der Waals surface area (Å²) in [5.74, 6) is 0.613. The second-order valence-corrected chi connectivity index (χ2v) is 7.03. The number of aromatic nitrogens is 1. The summed E-state index contributed by atoms with van der Waals surface area (Å²) in [7, 11) is 0. The Morgan fingerprint density at radius 1 is 1.42 bits per heavy atom. The number of hydrogen-bond acceptors (Lipinski definition) is 3. The number of aryl methyl sites for hydroxylation is 1. The van der Waals surface area contributed by atoms with Gasteiger partial charge in [-0.15, -0.1) is 11.3 Å². The van der Waals surface area contributed by atoms with Gasteiger partial charge in [0.1, 0.15) is 0 Å². The second kappa shape index (κ2) is 7.58. The van der Waals surface area contributed by atoms with Crippen LogP contribution in [0, 0.1) is 12.8 Å². The van der Waals surface area contributed by atoms with Crippen molar-refractivity contribution in [1.82, 2.24) is 4.98 Å². The summed E-state index contributed by atoms with van der Waals surface area (Å²) in [6.45, 7) is 4.24. The molecule has 0 saturated heterocycles. The Morgan fingerprint density at radius 3 is 3.00 bits per heavy atom. The first-order valence-corrected chi connectivity index (χ1v) is 9.21. The van der Waals surface area contributed by atoms with E-state index >= 15 is 0 Å². The number of rotatable bonds is 5. The zero-order valence-electron chi connectivity index (χ0n) is 14.1. The highest BCUT2D eigenvalue weighted by Crippen LogP contribution is 2.28. The Hall–Kier alpha value is -2.20.